The van der Waals surface area contributed by atoms with Gasteiger partial charge < -0.3 is 14.6 Å². The average Bonchev–Trinajstić information content (AvgIpc) is 3.17. The van der Waals surface area contributed by atoms with E-state index in [1.54, 1.807) is 24.3 Å². The van der Waals surface area contributed by atoms with Crippen molar-refractivity contribution in [2.75, 3.05) is 4.72 Å². The van der Waals surface area contributed by atoms with E-state index >= 15 is 0 Å². The summed E-state index contributed by atoms with van der Waals surface area (Å²) in [4.78, 5) is 13.0. The van der Waals surface area contributed by atoms with Gasteiger partial charge in [-0.05, 0) is 6.07 Å². The number of nitrogens with one attached hydrogen (secondary N) is 2. The summed E-state index contributed by atoms with van der Waals surface area (Å²) in [6.07, 6.45) is 2.34. The molecule has 0 aliphatic heterocycles. The van der Waals surface area contributed by atoms with Crippen molar-refractivity contribution in [3.63, 3.8) is 0 Å². The van der Waals surface area contributed by atoms with Crippen LogP contribution in [0.15, 0.2) is 58.2 Å². The van der Waals surface area contributed by atoms with Crippen LogP contribution in [0.4, 0.5) is 5.69 Å². The minimum atomic E-state index is -3.97. The summed E-state index contributed by atoms with van der Waals surface area (Å²) < 4.78 is 32.1. The molecular formula is C14H11N3O5S. The number of rotatable bonds is 5. The second-order valence-corrected chi connectivity index (χ2v) is 6.28. The average molecular weight is 333 g/mol. The lowest BCUT2D eigenvalue weighted by atomic mass is 10.1. The van der Waals surface area contributed by atoms with Crippen LogP contribution in [0, 0.1) is 0 Å². The maximum absolute atomic E-state index is 12.3. The fourth-order valence-corrected chi connectivity index (χ4v) is 3.01. The summed E-state index contributed by atoms with van der Waals surface area (Å²) in [6.45, 7) is 0. The van der Waals surface area contributed by atoms with E-state index in [0.717, 1.165) is 12.3 Å². The van der Waals surface area contributed by atoms with E-state index in [0.29, 0.717) is 5.56 Å². The molecule has 3 aromatic rings. The molecule has 0 atom stereocenters. The fraction of sp³-hybridized carbons (Fsp3) is 0. The van der Waals surface area contributed by atoms with E-state index in [9.17, 15) is 13.2 Å². The summed E-state index contributed by atoms with van der Waals surface area (Å²) in [7, 11) is -3.97. The molecule has 0 unspecified atom stereocenters. The Morgan fingerprint density at radius 3 is 2.65 bits per heavy atom. The number of anilines is 1. The van der Waals surface area contributed by atoms with Crippen LogP contribution >= 0.6 is 0 Å². The number of nitrogens with zero attached hydrogens (tertiary/aromatic N) is 1. The Morgan fingerprint density at radius 1 is 1.26 bits per heavy atom. The number of aromatic amines is 1. The molecule has 0 saturated carbocycles. The summed E-state index contributed by atoms with van der Waals surface area (Å²) in [5.41, 5.74) is 0.594. The van der Waals surface area contributed by atoms with Crippen molar-refractivity contribution in [2.45, 2.75) is 4.90 Å². The van der Waals surface area contributed by atoms with Crippen molar-refractivity contribution in [2.24, 2.45) is 0 Å². The lowest BCUT2D eigenvalue weighted by molar-refractivity contribution is 0.0691. The van der Waals surface area contributed by atoms with Gasteiger partial charge in [-0.1, -0.05) is 35.5 Å². The number of hydrogen-bond acceptors (Lipinski definition) is 5. The molecule has 0 aliphatic carbocycles. The molecule has 2 aromatic heterocycles. The Hall–Kier alpha value is -3.07. The summed E-state index contributed by atoms with van der Waals surface area (Å²) in [5, 5.41) is 12.4. The SMILES string of the molecule is O=C(O)c1cc(S(=O)(=O)Nc2cnoc2-c2ccccc2)c[nH]1. The van der Waals surface area contributed by atoms with Gasteiger partial charge in [0.05, 0.1) is 6.20 Å². The molecule has 1 aromatic carbocycles. The van der Waals surface area contributed by atoms with Crippen molar-refractivity contribution >= 4 is 21.7 Å². The second-order valence-electron chi connectivity index (χ2n) is 4.59. The van der Waals surface area contributed by atoms with Gasteiger partial charge in [-0.15, -0.1) is 0 Å². The highest BCUT2D eigenvalue weighted by molar-refractivity contribution is 7.92. The van der Waals surface area contributed by atoms with Crippen molar-refractivity contribution in [3.8, 4) is 11.3 Å². The standard InChI is InChI=1S/C14H11N3O5S/c18-14(19)11-6-10(7-15-11)23(20,21)17-12-8-16-22-13(12)9-4-2-1-3-5-9/h1-8,15,17H,(H,18,19). The smallest absolute Gasteiger partial charge is 0.352 e. The van der Waals surface area contributed by atoms with Crippen LogP contribution in [0.5, 0.6) is 0 Å². The molecule has 0 bridgehead atoms. The van der Waals surface area contributed by atoms with Crippen LogP contribution in [0.2, 0.25) is 0 Å². The first kappa shape index (κ1) is 14.9. The molecule has 2 heterocycles. The maximum atomic E-state index is 12.3. The van der Waals surface area contributed by atoms with E-state index < -0.39 is 16.0 Å². The number of benzene rings is 1. The highest BCUT2D eigenvalue weighted by Crippen LogP contribution is 2.29. The molecule has 3 rings (SSSR count). The van der Waals surface area contributed by atoms with Gasteiger partial charge in [-0.3, -0.25) is 4.72 Å². The third-order valence-electron chi connectivity index (χ3n) is 3.05. The molecule has 23 heavy (non-hydrogen) atoms. The zero-order chi connectivity index (χ0) is 16.4. The number of aromatic nitrogens is 2. The third kappa shape index (κ3) is 2.94. The molecule has 0 amide bonds. The zero-order valence-electron chi connectivity index (χ0n) is 11.6. The van der Waals surface area contributed by atoms with Gasteiger partial charge in [0.25, 0.3) is 10.0 Å². The second kappa shape index (κ2) is 5.61. The van der Waals surface area contributed by atoms with Crippen LogP contribution in [0.3, 0.4) is 0 Å². The molecule has 0 spiro atoms. The van der Waals surface area contributed by atoms with Gasteiger partial charge in [0.15, 0.2) is 5.76 Å². The topological polar surface area (TPSA) is 125 Å². The van der Waals surface area contributed by atoms with Crippen LogP contribution in [0.1, 0.15) is 10.5 Å². The quantitative estimate of drug-likeness (QED) is 0.657. The van der Waals surface area contributed by atoms with E-state index in [1.165, 1.54) is 6.20 Å². The van der Waals surface area contributed by atoms with Crippen LogP contribution < -0.4 is 4.72 Å². The Labute approximate surface area is 130 Å². The first-order valence-corrected chi connectivity index (χ1v) is 7.90. The zero-order valence-corrected chi connectivity index (χ0v) is 12.4. The number of carboxylic acids is 1. The Bertz CT molecular complexity index is 944. The molecule has 0 fully saturated rings. The molecule has 0 aliphatic rings. The number of carbonyl (C=O) groups is 1. The van der Waals surface area contributed by atoms with E-state index in [1.807, 2.05) is 6.07 Å². The maximum Gasteiger partial charge on any atom is 0.352 e. The van der Waals surface area contributed by atoms with Crippen LogP contribution in [0.25, 0.3) is 11.3 Å². The number of H-pyrrole nitrogens is 1. The lowest BCUT2D eigenvalue weighted by Crippen LogP contribution is -2.12. The molecule has 3 N–H and O–H groups in total. The number of sulfonamides is 1. The minimum Gasteiger partial charge on any atom is -0.477 e. The van der Waals surface area contributed by atoms with Gasteiger partial charge in [-0.2, -0.15) is 0 Å². The van der Waals surface area contributed by atoms with E-state index in [-0.39, 0.29) is 22.0 Å². The summed E-state index contributed by atoms with van der Waals surface area (Å²) in [5.74, 6) is -0.982. The molecule has 8 nitrogen and oxygen atoms in total. The Balaban J connectivity index is 1.93. The van der Waals surface area contributed by atoms with Gasteiger partial charge in [-0.25, -0.2) is 13.2 Å². The predicted molar refractivity (Wildman–Crippen MR) is 80.5 cm³/mol. The summed E-state index contributed by atoms with van der Waals surface area (Å²) >= 11 is 0. The Kier molecular flexibility index (Phi) is 3.62. The third-order valence-corrected chi connectivity index (χ3v) is 4.39. The summed E-state index contributed by atoms with van der Waals surface area (Å²) in [6, 6.07) is 9.90. The molecule has 0 saturated heterocycles. The molecule has 118 valence electrons. The molecular weight excluding hydrogens is 322 g/mol. The Morgan fingerprint density at radius 2 is 2.00 bits per heavy atom. The molecule has 0 radical (unpaired) electrons. The number of aromatic carboxylic acids is 1. The van der Waals surface area contributed by atoms with Crippen LogP contribution in [-0.2, 0) is 10.0 Å². The minimum absolute atomic E-state index is 0.161. The number of carboxylic acid groups (broad SMARTS) is 1. The first-order chi connectivity index (χ1) is 11.0. The largest absolute Gasteiger partial charge is 0.477 e. The lowest BCUT2D eigenvalue weighted by Gasteiger charge is -2.05. The normalized spacial score (nSPS) is 11.3. The molecule has 9 heteroatoms. The first-order valence-electron chi connectivity index (χ1n) is 6.42. The van der Waals surface area contributed by atoms with Gasteiger partial charge in [0.2, 0.25) is 0 Å². The van der Waals surface area contributed by atoms with Gasteiger partial charge in [0, 0.05) is 11.8 Å². The van der Waals surface area contributed by atoms with Crippen molar-refractivity contribution in [1.29, 1.82) is 0 Å². The van der Waals surface area contributed by atoms with Crippen molar-refractivity contribution < 1.29 is 22.8 Å². The monoisotopic (exact) mass is 333 g/mol. The van der Waals surface area contributed by atoms with Gasteiger partial charge in [0.1, 0.15) is 16.3 Å². The van der Waals surface area contributed by atoms with Crippen LogP contribution in [-0.4, -0.2) is 29.6 Å². The highest BCUT2D eigenvalue weighted by Gasteiger charge is 2.21. The van der Waals surface area contributed by atoms with Crippen molar-refractivity contribution in [3.05, 3.63) is 54.5 Å². The van der Waals surface area contributed by atoms with Crippen molar-refractivity contribution in [1.82, 2.24) is 10.1 Å². The fourth-order valence-electron chi connectivity index (χ4n) is 1.97. The van der Waals surface area contributed by atoms with E-state index in [4.69, 9.17) is 9.63 Å². The number of hydrogen-bond donors (Lipinski definition) is 3. The van der Waals surface area contributed by atoms with E-state index in [2.05, 4.69) is 14.9 Å². The predicted octanol–water partition coefficient (Wildman–Crippen LogP) is 2.17. The van der Waals surface area contributed by atoms with Gasteiger partial charge >= 0.3 is 5.97 Å². The highest BCUT2D eigenvalue weighted by atomic mass is 32.2.